The van der Waals surface area contributed by atoms with Crippen molar-refractivity contribution >= 4 is 23.8 Å². The van der Waals surface area contributed by atoms with Gasteiger partial charge >= 0.3 is 12.0 Å². The van der Waals surface area contributed by atoms with Gasteiger partial charge in [-0.05, 0) is 38.0 Å². The van der Waals surface area contributed by atoms with Crippen molar-refractivity contribution in [2.24, 2.45) is 11.8 Å². The van der Waals surface area contributed by atoms with Gasteiger partial charge in [0.15, 0.2) is 0 Å². The molecule has 2 aliphatic rings. The second-order valence-electron chi connectivity index (χ2n) is 6.11. The summed E-state index contributed by atoms with van der Waals surface area (Å²) >= 11 is 1.52. The van der Waals surface area contributed by atoms with Crippen LogP contribution in [0.5, 0.6) is 0 Å². The van der Waals surface area contributed by atoms with Crippen LogP contribution in [0.4, 0.5) is 4.79 Å². The first-order valence-corrected chi connectivity index (χ1v) is 8.38. The maximum atomic E-state index is 12.4. The van der Waals surface area contributed by atoms with Gasteiger partial charge in [-0.2, -0.15) is 0 Å². The van der Waals surface area contributed by atoms with E-state index in [1.54, 1.807) is 0 Å². The molecule has 2 N–H and O–H groups in total. The Morgan fingerprint density at radius 2 is 1.90 bits per heavy atom. The smallest absolute Gasteiger partial charge is 0.327 e. The van der Waals surface area contributed by atoms with E-state index in [0.717, 1.165) is 19.3 Å². The lowest BCUT2D eigenvalue weighted by Crippen LogP contribution is -2.52. The van der Waals surface area contributed by atoms with Crippen LogP contribution in [0.2, 0.25) is 0 Å². The van der Waals surface area contributed by atoms with Crippen molar-refractivity contribution in [3.05, 3.63) is 0 Å². The van der Waals surface area contributed by atoms with Crippen LogP contribution in [0, 0.1) is 11.8 Å². The highest BCUT2D eigenvalue weighted by Gasteiger charge is 2.40. The van der Waals surface area contributed by atoms with E-state index < -0.39 is 12.0 Å². The van der Waals surface area contributed by atoms with E-state index in [-0.39, 0.29) is 17.4 Å². The summed E-state index contributed by atoms with van der Waals surface area (Å²) in [5.41, 5.74) is 0. The average molecular weight is 300 g/mol. The minimum absolute atomic E-state index is 0.0731. The Labute approximate surface area is 124 Å². The van der Waals surface area contributed by atoms with Crippen molar-refractivity contribution in [1.82, 2.24) is 10.2 Å². The number of urea groups is 1. The van der Waals surface area contributed by atoms with Crippen LogP contribution >= 0.6 is 11.8 Å². The first-order chi connectivity index (χ1) is 9.40. The molecule has 114 valence electrons. The molecule has 20 heavy (non-hydrogen) atoms. The number of carbonyl (C=O) groups is 2. The number of carboxylic acids is 1. The molecule has 0 aromatic heterocycles. The van der Waals surface area contributed by atoms with E-state index in [9.17, 15) is 14.7 Å². The molecule has 2 rings (SSSR count). The fraction of sp³-hybridized carbons (Fsp3) is 0.857. The predicted octanol–water partition coefficient (Wildman–Crippen LogP) is 2.37. The van der Waals surface area contributed by atoms with Crippen LogP contribution in [0.15, 0.2) is 0 Å². The molecule has 5 unspecified atom stereocenters. The molecule has 1 aliphatic carbocycles. The highest BCUT2D eigenvalue weighted by molar-refractivity contribution is 8.00. The Morgan fingerprint density at radius 3 is 2.50 bits per heavy atom. The lowest BCUT2D eigenvalue weighted by atomic mass is 9.79. The number of thioether (sulfide) groups is 1. The van der Waals surface area contributed by atoms with Gasteiger partial charge in [0.25, 0.3) is 0 Å². The van der Waals surface area contributed by atoms with Crippen molar-refractivity contribution in [3.63, 3.8) is 0 Å². The summed E-state index contributed by atoms with van der Waals surface area (Å²) in [6, 6.07) is -0.738. The Hall–Kier alpha value is -0.910. The Balaban J connectivity index is 1.95. The molecule has 5 nitrogen and oxygen atoms in total. The molecule has 0 bridgehead atoms. The lowest BCUT2D eigenvalue weighted by molar-refractivity contribution is -0.141. The molecule has 1 saturated carbocycles. The third-order valence-corrected chi connectivity index (χ3v) is 5.89. The van der Waals surface area contributed by atoms with E-state index in [1.807, 2.05) is 6.92 Å². The molecule has 2 fully saturated rings. The second kappa shape index (κ2) is 6.24. The number of carbonyl (C=O) groups excluding carboxylic acids is 1. The van der Waals surface area contributed by atoms with Crippen molar-refractivity contribution in [2.45, 2.75) is 57.5 Å². The third-order valence-electron chi connectivity index (χ3n) is 4.67. The quantitative estimate of drug-likeness (QED) is 0.821. The fourth-order valence-electron chi connectivity index (χ4n) is 3.07. The highest BCUT2D eigenvalue weighted by Crippen LogP contribution is 2.31. The van der Waals surface area contributed by atoms with Crippen LogP contribution in [-0.2, 0) is 4.79 Å². The molecule has 6 heteroatoms. The zero-order valence-electron chi connectivity index (χ0n) is 12.3. The van der Waals surface area contributed by atoms with Gasteiger partial charge in [-0.3, -0.25) is 4.90 Å². The Kier molecular flexibility index (Phi) is 4.83. The summed E-state index contributed by atoms with van der Waals surface area (Å²) in [6.07, 6.45) is 3.10. The van der Waals surface area contributed by atoms with Crippen molar-refractivity contribution in [1.29, 1.82) is 0 Å². The van der Waals surface area contributed by atoms with Crippen LogP contribution in [-0.4, -0.2) is 45.2 Å². The third kappa shape index (κ3) is 3.22. The first-order valence-electron chi connectivity index (χ1n) is 7.33. The van der Waals surface area contributed by atoms with Gasteiger partial charge < -0.3 is 10.4 Å². The maximum Gasteiger partial charge on any atom is 0.327 e. The van der Waals surface area contributed by atoms with Crippen molar-refractivity contribution in [3.8, 4) is 0 Å². The average Bonchev–Trinajstić information content (AvgIpc) is 2.76. The Morgan fingerprint density at radius 1 is 1.20 bits per heavy atom. The molecule has 0 aromatic rings. The Bertz CT molecular complexity index is 391. The van der Waals surface area contributed by atoms with Crippen molar-refractivity contribution < 1.29 is 14.7 Å². The minimum atomic E-state index is -0.914. The molecule has 0 spiro atoms. The van der Waals surface area contributed by atoms with Gasteiger partial charge in [-0.25, -0.2) is 9.59 Å². The van der Waals surface area contributed by atoms with E-state index in [0.29, 0.717) is 17.6 Å². The standard InChI is InChI=1S/C14H24N2O3S/c1-8-4-5-11(6-9(8)2)15-14(19)16-10(3)20-7-12(16)13(17)18/h8-12H,4-7H2,1-3H3,(H,15,19)(H,17,18). The summed E-state index contributed by atoms with van der Waals surface area (Å²) in [5.74, 6) is 0.871. The van der Waals surface area contributed by atoms with E-state index in [2.05, 4.69) is 19.2 Å². The summed E-state index contributed by atoms with van der Waals surface area (Å²) in [5, 5.41) is 12.2. The maximum absolute atomic E-state index is 12.4. The summed E-state index contributed by atoms with van der Waals surface area (Å²) in [4.78, 5) is 25.1. The second-order valence-corrected chi connectivity index (χ2v) is 7.46. The minimum Gasteiger partial charge on any atom is -0.480 e. The summed E-state index contributed by atoms with van der Waals surface area (Å²) in [6.45, 7) is 6.36. The molecular weight excluding hydrogens is 276 g/mol. The van der Waals surface area contributed by atoms with Gasteiger partial charge in [0, 0.05) is 11.8 Å². The molecule has 1 saturated heterocycles. The van der Waals surface area contributed by atoms with Crippen LogP contribution in [0.3, 0.4) is 0 Å². The molecular formula is C14H24N2O3S. The molecule has 1 aliphatic heterocycles. The van der Waals surface area contributed by atoms with Gasteiger partial charge in [0.05, 0.1) is 5.37 Å². The lowest BCUT2D eigenvalue weighted by Gasteiger charge is -2.34. The summed E-state index contributed by atoms with van der Waals surface area (Å²) < 4.78 is 0. The van der Waals surface area contributed by atoms with E-state index >= 15 is 0 Å². The zero-order chi connectivity index (χ0) is 14.9. The number of nitrogens with one attached hydrogen (secondary N) is 1. The van der Waals surface area contributed by atoms with Gasteiger partial charge in [-0.15, -0.1) is 11.8 Å². The van der Waals surface area contributed by atoms with Gasteiger partial charge in [-0.1, -0.05) is 13.8 Å². The number of hydrogen-bond donors (Lipinski definition) is 2. The zero-order valence-corrected chi connectivity index (χ0v) is 13.2. The molecule has 0 aromatic carbocycles. The predicted molar refractivity (Wildman–Crippen MR) is 79.7 cm³/mol. The largest absolute Gasteiger partial charge is 0.480 e. The molecule has 5 atom stereocenters. The van der Waals surface area contributed by atoms with Gasteiger partial charge in [0.2, 0.25) is 0 Å². The summed E-state index contributed by atoms with van der Waals surface area (Å²) in [7, 11) is 0. The van der Waals surface area contributed by atoms with Crippen LogP contribution in [0.25, 0.3) is 0 Å². The molecule has 0 radical (unpaired) electrons. The van der Waals surface area contributed by atoms with Crippen LogP contribution < -0.4 is 5.32 Å². The monoisotopic (exact) mass is 300 g/mol. The topological polar surface area (TPSA) is 69.6 Å². The number of rotatable bonds is 2. The van der Waals surface area contributed by atoms with E-state index in [4.69, 9.17) is 0 Å². The SMILES string of the molecule is CC1CCC(NC(=O)N2C(C)SCC2C(=O)O)CC1C. The molecule has 1 heterocycles. The normalized spacial score (nSPS) is 37.8. The number of nitrogens with zero attached hydrogens (tertiary/aromatic N) is 1. The number of amides is 2. The van der Waals surface area contributed by atoms with Gasteiger partial charge in [0.1, 0.15) is 6.04 Å². The van der Waals surface area contributed by atoms with E-state index in [1.165, 1.54) is 16.7 Å². The molecule has 2 amide bonds. The number of carboxylic acid groups (broad SMARTS) is 1. The number of aliphatic carboxylic acids is 1. The number of hydrogen-bond acceptors (Lipinski definition) is 3. The van der Waals surface area contributed by atoms with Crippen LogP contribution in [0.1, 0.15) is 40.0 Å². The fourth-order valence-corrected chi connectivity index (χ4v) is 4.24. The highest BCUT2D eigenvalue weighted by atomic mass is 32.2. The first kappa shape index (κ1) is 15.5. The van der Waals surface area contributed by atoms with Crippen molar-refractivity contribution in [2.75, 3.05) is 5.75 Å².